The van der Waals surface area contributed by atoms with Crippen LogP contribution in [0.5, 0.6) is 0 Å². The lowest BCUT2D eigenvalue weighted by Gasteiger charge is -2.21. The molecule has 20 heavy (non-hydrogen) atoms. The number of nitrogens with zero attached hydrogens (tertiary/aromatic N) is 1. The number of hydrogen-bond acceptors (Lipinski definition) is 3. The van der Waals surface area contributed by atoms with E-state index in [1.165, 1.54) is 10.9 Å². The molecule has 1 aliphatic rings. The minimum absolute atomic E-state index is 0.217. The van der Waals surface area contributed by atoms with E-state index in [1.54, 1.807) is 17.4 Å². The monoisotopic (exact) mass is 354 g/mol. The summed E-state index contributed by atoms with van der Waals surface area (Å²) in [6, 6.07) is 5.54. The second kappa shape index (κ2) is 5.92. The van der Waals surface area contributed by atoms with E-state index in [1.807, 2.05) is 6.07 Å². The molecule has 2 nitrogen and oxygen atoms in total. The van der Waals surface area contributed by atoms with E-state index in [9.17, 15) is 4.39 Å². The van der Waals surface area contributed by atoms with Crippen molar-refractivity contribution in [2.24, 2.45) is 0 Å². The van der Waals surface area contributed by atoms with E-state index in [2.05, 4.69) is 33.2 Å². The molecule has 1 heterocycles. The van der Waals surface area contributed by atoms with Gasteiger partial charge in [-0.3, -0.25) is 0 Å². The third-order valence-corrected chi connectivity index (χ3v) is 5.30. The van der Waals surface area contributed by atoms with Gasteiger partial charge in [0.15, 0.2) is 0 Å². The van der Waals surface area contributed by atoms with Gasteiger partial charge in [-0.25, -0.2) is 9.37 Å². The smallest absolute Gasteiger partial charge is 0.134 e. The number of halogens is 2. The number of thiazole rings is 1. The molecule has 1 N–H and O–H groups in total. The maximum absolute atomic E-state index is 14.1. The summed E-state index contributed by atoms with van der Waals surface area (Å²) in [6.45, 7) is 3.06. The summed E-state index contributed by atoms with van der Waals surface area (Å²) in [4.78, 5) is 5.95. The standard InChI is InChI=1S/C15H16BrFN2S/c1-2-18-12-4-3-5-13-14(12)20-15(19-13)10-7-6-9(16)8-11(10)17/h6-8,12,18H,2-5H2,1H3. The quantitative estimate of drug-likeness (QED) is 0.863. The number of benzene rings is 1. The number of nitrogens with one attached hydrogen (secondary N) is 1. The first-order chi connectivity index (χ1) is 9.69. The molecule has 0 saturated carbocycles. The summed E-state index contributed by atoms with van der Waals surface area (Å²) in [5, 5.41) is 4.29. The molecule has 0 bridgehead atoms. The van der Waals surface area contributed by atoms with Crippen molar-refractivity contribution in [2.45, 2.75) is 32.2 Å². The Labute approximate surface area is 130 Å². The first-order valence-corrected chi connectivity index (χ1v) is 8.48. The number of fused-ring (bicyclic) bond motifs is 1. The average Bonchev–Trinajstić information content (AvgIpc) is 2.83. The second-order valence-electron chi connectivity index (χ2n) is 4.96. The molecule has 0 aliphatic heterocycles. The predicted molar refractivity (Wildman–Crippen MR) is 84.6 cm³/mol. The Morgan fingerprint density at radius 2 is 2.35 bits per heavy atom. The summed E-state index contributed by atoms with van der Waals surface area (Å²) in [5.74, 6) is -0.217. The number of aryl methyl sites for hydroxylation is 1. The van der Waals surface area contributed by atoms with Crippen molar-refractivity contribution >= 4 is 27.3 Å². The Kier molecular flexibility index (Phi) is 4.19. The molecule has 1 aromatic carbocycles. The summed E-state index contributed by atoms with van der Waals surface area (Å²) < 4.78 is 14.8. The molecule has 106 valence electrons. The van der Waals surface area contributed by atoms with Crippen LogP contribution in [0.25, 0.3) is 10.6 Å². The van der Waals surface area contributed by atoms with Gasteiger partial charge in [0.05, 0.1) is 5.69 Å². The maximum Gasteiger partial charge on any atom is 0.134 e. The van der Waals surface area contributed by atoms with E-state index in [4.69, 9.17) is 0 Å². The third kappa shape index (κ3) is 2.67. The lowest BCUT2D eigenvalue weighted by Crippen LogP contribution is -2.23. The molecule has 0 fully saturated rings. The van der Waals surface area contributed by atoms with Crippen LogP contribution in [0, 0.1) is 5.82 Å². The van der Waals surface area contributed by atoms with E-state index < -0.39 is 0 Å². The number of hydrogen-bond donors (Lipinski definition) is 1. The van der Waals surface area contributed by atoms with E-state index in [0.717, 1.165) is 41.0 Å². The first-order valence-electron chi connectivity index (χ1n) is 6.87. The van der Waals surface area contributed by atoms with Crippen molar-refractivity contribution in [1.29, 1.82) is 0 Å². The minimum Gasteiger partial charge on any atom is -0.309 e. The fraction of sp³-hybridized carbons (Fsp3) is 0.400. The van der Waals surface area contributed by atoms with Crippen molar-refractivity contribution in [3.63, 3.8) is 0 Å². The Morgan fingerprint density at radius 3 is 3.10 bits per heavy atom. The van der Waals surface area contributed by atoms with Crippen molar-refractivity contribution < 1.29 is 4.39 Å². The van der Waals surface area contributed by atoms with Crippen molar-refractivity contribution in [3.8, 4) is 10.6 Å². The molecule has 1 unspecified atom stereocenters. The van der Waals surface area contributed by atoms with Crippen molar-refractivity contribution in [2.75, 3.05) is 6.54 Å². The minimum atomic E-state index is -0.217. The highest BCUT2D eigenvalue weighted by Gasteiger charge is 2.24. The highest BCUT2D eigenvalue weighted by molar-refractivity contribution is 9.10. The summed E-state index contributed by atoms with van der Waals surface area (Å²) in [7, 11) is 0. The van der Waals surface area contributed by atoms with Gasteiger partial charge >= 0.3 is 0 Å². The fourth-order valence-electron chi connectivity index (χ4n) is 2.64. The highest BCUT2D eigenvalue weighted by Crippen LogP contribution is 2.38. The molecular formula is C15H16BrFN2S. The van der Waals surface area contributed by atoms with Gasteiger partial charge in [0.2, 0.25) is 0 Å². The van der Waals surface area contributed by atoms with Crippen LogP contribution >= 0.6 is 27.3 Å². The van der Waals surface area contributed by atoms with Crippen LogP contribution in [-0.2, 0) is 6.42 Å². The van der Waals surface area contributed by atoms with Gasteiger partial charge in [-0.05, 0) is 44.0 Å². The van der Waals surface area contributed by atoms with Crippen LogP contribution in [0.1, 0.15) is 36.4 Å². The van der Waals surface area contributed by atoms with Crippen LogP contribution < -0.4 is 5.32 Å². The number of aromatic nitrogens is 1. The maximum atomic E-state index is 14.1. The zero-order valence-corrected chi connectivity index (χ0v) is 13.7. The number of rotatable bonds is 3. The fourth-order valence-corrected chi connectivity index (χ4v) is 4.22. The highest BCUT2D eigenvalue weighted by atomic mass is 79.9. The molecule has 0 radical (unpaired) electrons. The molecule has 3 rings (SSSR count). The summed E-state index contributed by atoms with van der Waals surface area (Å²) in [5.41, 5.74) is 1.74. The Bertz CT molecular complexity index is 626. The van der Waals surface area contributed by atoms with Crippen LogP contribution in [0.3, 0.4) is 0 Å². The van der Waals surface area contributed by atoms with Gasteiger partial charge in [-0.2, -0.15) is 0 Å². The zero-order chi connectivity index (χ0) is 14.1. The van der Waals surface area contributed by atoms with Gasteiger partial charge in [0.1, 0.15) is 10.8 Å². The molecule has 1 aromatic heterocycles. The van der Waals surface area contributed by atoms with Gasteiger partial charge < -0.3 is 5.32 Å². The molecule has 1 aliphatic carbocycles. The molecule has 1 atom stereocenters. The average molecular weight is 355 g/mol. The normalized spacial score (nSPS) is 18.1. The molecule has 5 heteroatoms. The van der Waals surface area contributed by atoms with Crippen molar-refractivity contribution in [1.82, 2.24) is 10.3 Å². The molecule has 0 saturated heterocycles. The lowest BCUT2D eigenvalue weighted by molar-refractivity contribution is 0.476. The largest absolute Gasteiger partial charge is 0.309 e. The summed E-state index contributed by atoms with van der Waals surface area (Å²) in [6.07, 6.45) is 3.30. The SMILES string of the molecule is CCNC1CCCc2nc(-c3ccc(Br)cc3F)sc21. The first kappa shape index (κ1) is 14.2. The predicted octanol–water partition coefficient (Wildman–Crippen LogP) is 4.70. The summed E-state index contributed by atoms with van der Waals surface area (Å²) >= 11 is 4.92. The Balaban J connectivity index is 2.00. The van der Waals surface area contributed by atoms with E-state index >= 15 is 0 Å². The van der Waals surface area contributed by atoms with Crippen LogP contribution in [0.15, 0.2) is 22.7 Å². The van der Waals surface area contributed by atoms with Crippen LogP contribution in [0.2, 0.25) is 0 Å². The molecule has 0 amide bonds. The second-order valence-corrected chi connectivity index (χ2v) is 6.90. The van der Waals surface area contributed by atoms with Gasteiger partial charge in [-0.1, -0.05) is 22.9 Å². The Hall–Kier alpha value is -0.780. The third-order valence-electron chi connectivity index (χ3n) is 3.56. The molecule has 2 aromatic rings. The molecular weight excluding hydrogens is 339 g/mol. The Morgan fingerprint density at radius 1 is 1.50 bits per heavy atom. The molecule has 0 spiro atoms. The van der Waals surface area contributed by atoms with Gasteiger partial charge in [-0.15, -0.1) is 11.3 Å². The van der Waals surface area contributed by atoms with Gasteiger partial charge in [0, 0.05) is 21.0 Å². The van der Waals surface area contributed by atoms with Crippen molar-refractivity contribution in [3.05, 3.63) is 39.1 Å². The van der Waals surface area contributed by atoms with E-state index in [-0.39, 0.29) is 5.82 Å². The zero-order valence-electron chi connectivity index (χ0n) is 11.2. The topological polar surface area (TPSA) is 24.9 Å². The van der Waals surface area contributed by atoms with E-state index in [0.29, 0.717) is 11.6 Å². The van der Waals surface area contributed by atoms with Crippen LogP contribution in [0.4, 0.5) is 4.39 Å². The van der Waals surface area contributed by atoms with Crippen LogP contribution in [-0.4, -0.2) is 11.5 Å². The lowest BCUT2D eigenvalue weighted by atomic mass is 9.98. The van der Waals surface area contributed by atoms with Gasteiger partial charge in [0.25, 0.3) is 0 Å².